The molecule has 1 aromatic heterocycles. The number of benzene rings is 3. The second-order valence-corrected chi connectivity index (χ2v) is 7.70. The number of nitrogens with one attached hydrogen (secondary N) is 1. The lowest BCUT2D eigenvalue weighted by atomic mass is 10.0. The lowest BCUT2D eigenvalue weighted by Gasteiger charge is -2.20. The molecule has 1 atom stereocenters. The molecule has 4 rings (SSSR count). The highest BCUT2D eigenvalue weighted by Gasteiger charge is 2.23. The molecule has 162 valence electrons. The zero-order valence-corrected chi connectivity index (χ0v) is 18.1. The molecule has 0 saturated carbocycles. The Morgan fingerprint density at radius 2 is 1.81 bits per heavy atom. The maximum Gasteiger partial charge on any atom is 0.255 e. The Morgan fingerprint density at radius 3 is 2.50 bits per heavy atom. The molecule has 0 saturated heterocycles. The number of imidazole rings is 1. The zero-order chi connectivity index (χ0) is 22.5. The maximum absolute atomic E-state index is 13.3. The van der Waals surface area contributed by atoms with Gasteiger partial charge in [-0.2, -0.15) is 0 Å². The number of carbonyl (C=O) groups excluding carboxylic acids is 1. The van der Waals surface area contributed by atoms with Gasteiger partial charge < -0.3 is 14.6 Å². The Bertz CT molecular complexity index is 1210. The van der Waals surface area contributed by atoms with Crippen molar-refractivity contribution in [3.05, 3.63) is 119 Å². The molecule has 1 amide bonds. The van der Waals surface area contributed by atoms with Crippen molar-refractivity contribution >= 4 is 17.5 Å². The summed E-state index contributed by atoms with van der Waals surface area (Å²) in [5.41, 5.74) is 2.04. The topological polar surface area (TPSA) is 56.2 Å². The van der Waals surface area contributed by atoms with Gasteiger partial charge in [-0.05, 0) is 47.5 Å². The van der Waals surface area contributed by atoms with Crippen LogP contribution in [0.5, 0.6) is 5.75 Å². The molecular formula is C25H21ClFN3O2. The van der Waals surface area contributed by atoms with Crippen LogP contribution < -0.4 is 10.1 Å². The van der Waals surface area contributed by atoms with Crippen molar-refractivity contribution in [2.24, 2.45) is 7.05 Å². The van der Waals surface area contributed by atoms with E-state index >= 15 is 0 Å². The van der Waals surface area contributed by atoms with E-state index in [2.05, 4.69) is 10.3 Å². The summed E-state index contributed by atoms with van der Waals surface area (Å²) in [5.74, 6) is 0.508. The normalized spacial score (nSPS) is 11.7. The molecule has 4 aromatic rings. The Kier molecular flexibility index (Phi) is 6.52. The summed E-state index contributed by atoms with van der Waals surface area (Å²) in [6, 6.07) is 19.8. The first-order valence-corrected chi connectivity index (χ1v) is 10.4. The Morgan fingerprint density at radius 1 is 1.09 bits per heavy atom. The third-order valence-electron chi connectivity index (χ3n) is 5.03. The summed E-state index contributed by atoms with van der Waals surface area (Å²) in [6.45, 7) is 0.213. The Balaban J connectivity index is 1.58. The number of nitrogens with zero attached hydrogens (tertiary/aromatic N) is 2. The Labute approximate surface area is 190 Å². The van der Waals surface area contributed by atoms with Crippen LogP contribution in [0.15, 0.2) is 85.2 Å². The van der Waals surface area contributed by atoms with Gasteiger partial charge in [0, 0.05) is 24.5 Å². The first-order valence-electron chi connectivity index (χ1n) is 10.0. The number of carbonyl (C=O) groups is 1. The average Bonchev–Trinajstić information content (AvgIpc) is 3.23. The predicted octanol–water partition coefficient (Wildman–Crippen LogP) is 5.31. The molecule has 0 aliphatic rings. The first-order chi connectivity index (χ1) is 15.5. The van der Waals surface area contributed by atoms with E-state index in [1.54, 1.807) is 54.7 Å². The van der Waals surface area contributed by atoms with Crippen LogP contribution in [0.1, 0.15) is 33.4 Å². The van der Waals surface area contributed by atoms with Crippen LogP contribution in [0.2, 0.25) is 5.02 Å². The van der Waals surface area contributed by atoms with E-state index in [0.29, 0.717) is 22.2 Å². The monoisotopic (exact) mass is 449 g/mol. The molecule has 3 aromatic carbocycles. The first kappa shape index (κ1) is 21.6. The third kappa shape index (κ3) is 4.98. The van der Waals surface area contributed by atoms with E-state index < -0.39 is 6.04 Å². The minimum atomic E-state index is -0.482. The number of amides is 1. The second-order valence-electron chi connectivity index (χ2n) is 7.27. The molecule has 5 nitrogen and oxygen atoms in total. The molecule has 0 bridgehead atoms. The van der Waals surface area contributed by atoms with E-state index in [9.17, 15) is 9.18 Å². The molecule has 0 radical (unpaired) electrons. The molecule has 0 aliphatic carbocycles. The van der Waals surface area contributed by atoms with Gasteiger partial charge in [-0.15, -0.1) is 0 Å². The summed E-state index contributed by atoms with van der Waals surface area (Å²) < 4.78 is 20.9. The minimum Gasteiger partial charge on any atom is -0.488 e. The van der Waals surface area contributed by atoms with Gasteiger partial charge >= 0.3 is 0 Å². The summed E-state index contributed by atoms with van der Waals surface area (Å²) in [6.07, 6.45) is 3.51. The quantitative estimate of drug-likeness (QED) is 0.416. The number of rotatable bonds is 7. The molecule has 1 heterocycles. The highest BCUT2D eigenvalue weighted by atomic mass is 35.5. The number of halogens is 2. The van der Waals surface area contributed by atoms with Gasteiger partial charge in [-0.1, -0.05) is 48.0 Å². The third-order valence-corrected chi connectivity index (χ3v) is 5.29. The number of ether oxygens (including phenoxy) is 1. The smallest absolute Gasteiger partial charge is 0.255 e. The molecule has 0 fully saturated rings. The van der Waals surface area contributed by atoms with E-state index in [0.717, 1.165) is 11.1 Å². The molecule has 1 N–H and O–H groups in total. The van der Waals surface area contributed by atoms with Crippen molar-refractivity contribution in [2.75, 3.05) is 0 Å². The zero-order valence-electron chi connectivity index (χ0n) is 17.3. The van der Waals surface area contributed by atoms with E-state index in [1.807, 2.05) is 29.9 Å². The summed E-state index contributed by atoms with van der Waals surface area (Å²) in [7, 11) is 1.87. The number of hydrogen-bond acceptors (Lipinski definition) is 3. The van der Waals surface area contributed by atoms with Gasteiger partial charge in [0.05, 0.1) is 5.56 Å². The van der Waals surface area contributed by atoms with Gasteiger partial charge in [-0.3, -0.25) is 4.79 Å². The van der Waals surface area contributed by atoms with Gasteiger partial charge in [0.1, 0.15) is 30.0 Å². The standard InChI is InChI=1S/C25H21ClFN3O2/c1-30-15-14-28-24(30)23(18-8-10-19(26)11-9-18)29-25(31)21-4-2-3-5-22(21)32-16-17-6-12-20(27)13-7-17/h2-15,23H,16H2,1H3,(H,29,31)/t23-/m1/s1. The fraction of sp³-hybridized carbons (Fsp3) is 0.120. The second kappa shape index (κ2) is 9.66. The lowest BCUT2D eigenvalue weighted by molar-refractivity contribution is 0.0936. The number of para-hydroxylation sites is 1. The van der Waals surface area contributed by atoms with Crippen LogP contribution in [-0.4, -0.2) is 15.5 Å². The SMILES string of the molecule is Cn1ccnc1[C@H](NC(=O)c1ccccc1OCc1ccc(F)cc1)c1ccc(Cl)cc1. The van der Waals surface area contributed by atoms with Crippen LogP contribution in [0.4, 0.5) is 4.39 Å². The largest absolute Gasteiger partial charge is 0.488 e. The van der Waals surface area contributed by atoms with E-state index in [1.165, 1.54) is 12.1 Å². The van der Waals surface area contributed by atoms with Crippen molar-refractivity contribution in [3.8, 4) is 5.75 Å². The van der Waals surface area contributed by atoms with Crippen molar-refractivity contribution in [1.82, 2.24) is 14.9 Å². The van der Waals surface area contributed by atoms with Crippen LogP contribution >= 0.6 is 11.6 Å². The van der Waals surface area contributed by atoms with E-state index in [4.69, 9.17) is 16.3 Å². The molecular weight excluding hydrogens is 429 g/mol. The highest BCUT2D eigenvalue weighted by Crippen LogP contribution is 2.25. The van der Waals surface area contributed by atoms with Gasteiger partial charge in [0.2, 0.25) is 0 Å². The molecule has 0 spiro atoms. The van der Waals surface area contributed by atoms with E-state index in [-0.39, 0.29) is 18.3 Å². The van der Waals surface area contributed by atoms with Crippen LogP contribution in [0.3, 0.4) is 0 Å². The number of aryl methyl sites for hydroxylation is 1. The number of hydrogen-bond donors (Lipinski definition) is 1. The van der Waals surface area contributed by atoms with Crippen LogP contribution in [0.25, 0.3) is 0 Å². The minimum absolute atomic E-state index is 0.213. The van der Waals surface area contributed by atoms with Gasteiger partial charge in [0.25, 0.3) is 5.91 Å². The Hall–Kier alpha value is -3.64. The van der Waals surface area contributed by atoms with Crippen molar-refractivity contribution in [3.63, 3.8) is 0 Å². The average molecular weight is 450 g/mol. The molecule has 32 heavy (non-hydrogen) atoms. The van der Waals surface area contributed by atoms with Crippen molar-refractivity contribution in [2.45, 2.75) is 12.6 Å². The predicted molar refractivity (Wildman–Crippen MR) is 121 cm³/mol. The maximum atomic E-state index is 13.3. The fourth-order valence-corrected chi connectivity index (χ4v) is 3.46. The van der Waals surface area contributed by atoms with Gasteiger partial charge in [0.15, 0.2) is 0 Å². The summed E-state index contributed by atoms with van der Waals surface area (Å²) in [5, 5.41) is 3.67. The fourth-order valence-electron chi connectivity index (χ4n) is 3.34. The van der Waals surface area contributed by atoms with Gasteiger partial charge in [-0.25, -0.2) is 9.37 Å². The molecule has 0 unspecified atom stereocenters. The molecule has 7 heteroatoms. The van der Waals surface area contributed by atoms with Crippen LogP contribution in [0, 0.1) is 5.82 Å². The lowest BCUT2D eigenvalue weighted by Crippen LogP contribution is -2.31. The van der Waals surface area contributed by atoms with Crippen molar-refractivity contribution in [1.29, 1.82) is 0 Å². The number of aromatic nitrogens is 2. The highest BCUT2D eigenvalue weighted by molar-refractivity contribution is 6.30. The van der Waals surface area contributed by atoms with Crippen molar-refractivity contribution < 1.29 is 13.9 Å². The molecule has 0 aliphatic heterocycles. The summed E-state index contributed by atoms with van der Waals surface area (Å²) in [4.78, 5) is 17.7. The van der Waals surface area contributed by atoms with Crippen LogP contribution in [-0.2, 0) is 13.7 Å². The summed E-state index contributed by atoms with van der Waals surface area (Å²) >= 11 is 6.04.